The van der Waals surface area contributed by atoms with Gasteiger partial charge in [-0.25, -0.2) is 9.18 Å². The van der Waals surface area contributed by atoms with Gasteiger partial charge in [0, 0.05) is 24.1 Å². The molecule has 3 aliphatic rings. The number of carbonyl (C=O) groups is 2. The van der Waals surface area contributed by atoms with Crippen LogP contribution in [0.1, 0.15) is 58.8 Å². The number of aliphatic hydroxyl groups is 3. The molecule has 0 bridgehead atoms. The van der Waals surface area contributed by atoms with Crippen molar-refractivity contribution < 1.29 is 34.0 Å². The van der Waals surface area contributed by atoms with Gasteiger partial charge in [-0.2, -0.15) is 0 Å². The third-order valence-corrected chi connectivity index (χ3v) is 9.30. The van der Waals surface area contributed by atoms with E-state index in [1.165, 1.54) is 18.2 Å². The van der Waals surface area contributed by atoms with E-state index in [1.807, 2.05) is 6.92 Å². The highest BCUT2D eigenvalue weighted by Crippen LogP contribution is 2.61. The van der Waals surface area contributed by atoms with E-state index in [-0.39, 0.29) is 49.1 Å². The summed E-state index contributed by atoms with van der Waals surface area (Å²) in [5.41, 5.74) is -0.915. The smallest absolute Gasteiger partial charge is 0.411 e. The van der Waals surface area contributed by atoms with E-state index in [0.717, 1.165) is 12.8 Å². The van der Waals surface area contributed by atoms with Gasteiger partial charge in [0.2, 0.25) is 5.91 Å². The molecule has 36 heavy (non-hydrogen) atoms. The Morgan fingerprint density at radius 2 is 1.97 bits per heavy atom. The summed E-state index contributed by atoms with van der Waals surface area (Å²) in [5.74, 6) is -0.890. The molecule has 9 heteroatoms. The number of benzene rings is 1. The number of rotatable bonds is 6. The van der Waals surface area contributed by atoms with Crippen LogP contribution in [0.15, 0.2) is 24.3 Å². The molecule has 3 fully saturated rings. The van der Waals surface area contributed by atoms with Crippen molar-refractivity contribution in [1.29, 1.82) is 0 Å². The first-order valence-electron chi connectivity index (χ1n) is 13.0. The van der Waals surface area contributed by atoms with Crippen molar-refractivity contribution in [3.05, 3.63) is 30.1 Å². The predicted molar refractivity (Wildman–Crippen MR) is 131 cm³/mol. The molecule has 0 aromatic heterocycles. The third-order valence-electron chi connectivity index (χ3n) is 9.30. The average molecular weight is 507 g/mol. The van der Waals surface area contributed by atoms with Gasteiger partial charge in [-0.15, -0.1) is 0 Å². The van der Waals surface area contributed by atoms with Crippen molar-refractivity contribution in [2.24, 2.45) is 22.7 Å². The summed E-state index contributed by atoms with van der Waals surface area (Å²) >= 11 is 0. The first-order chi connectivity index (χ1) is 17.1. The zero-order valence-electron chi connectivity index (χ0n) is 21.2. The fourth-order valence-electron chi connectivity index (χ4n) is 7.28. The van der Waals surface area contributed by atoms with E-state index < -0.39 is 34.9 Å². The topological polar surface area (TPSA) is 119 Å². The Morgan fingerprint density at radius 1 is 1.19 bits per heavy atom. The monoisotopic (exact) mass is 506 g/mol. The maximum Gasteiger partial charge on any atom is 0.411 e. The molecule has 0 radical (unpaired) electrons. The lowest BCUT2D eigenvalue weighted by molar-refractivity contribution is -0.186. The van der Waals surface area contributed by atoms with Gasteiger partial charge in [-0.3, -0.25) is 10.1 Å². The van der Waals surface area contributed by atoms with Crippen molar-refractivity contribution in [1.82, 2.24) is 4.90 Å². The quantitative estimate of drug-likeness (QED) is 0.470. The fraction of sp³-hybridized carbons (Fsp3) is 0.704. The Labute approximate surface area is 211 Å². The maximum absolute atomic E-state index is 13.5. The van der Waals surface area contributed by atoms with Crippen molar-refractivity contribution in [2.75, 3.05) is 25.1 Å². The Bertz CT molecular complexity index is 962. The molecule has 1 heterocycles. The van der Waals surface area contributed by atoms with Gasteiger partial charge in [0.05, 0.1) is 25.4 Å². The normalized spacial score (nSPS) is 36.3. The zero-order chi connectivity index (χ0) is 26.1. The van der Waals surface area contributed by atoms with Gasteiger partial charge in [0.25, 0.3) is 0 Å². The maximum atomic E-state index is 13.5. The summed E-state index contributed by atoms with van der Waals surface area (Å²) in [7, 11) is 0. The number of nitrogens with one attached hydrogen (secondary N) is 1. The van der Waals surface area contributed by atoms with Crippen LogP contribution in [0.3, 0.4) is 0 Å². The molecule has 0 spiro atoms. The number of hydrogen-bond donors (Lipinski definition) is 4. The van der Waals surface area contributed by atoms with Gasteiger partial charge in [0.1, 0.15) is 11.9 Å². The molecular weight excluding hydrogens is 467 g/mol. The predicted octanol–water partition coefficient (Wildman–Crippen LogP) is 3.30. The molecule has 2 saturated carbocycles. The third kappa shape index (κ3) is 4.97. The standard InChI is InChI=1S/C27H39FN2O6/c1-26-11-10-23(36-25(35)29-18-6-3-5-17(28)13-18)27(2,16-32)22(26)9-8-21(33)20(26)14-24(34)30-12-4-7-19(30)15-31/h3,5-6,13,19-23,31-33H,4,7-12,14-16H2,1-2H3,(H,29,35)/t19-,20+,21+,22-,23+,26-,27-/m0/s1. The number of carbonyl (C=O) groups excluding carboxylic acids is 2. The number of amides is 2. The first kappa shape index (κ1) is 26.8. The highest BCUT2D eigenvalue weighted by atomic mass is 19.1. The highest BCUT2D eigenvalue weighted by Gasteiger charge is 2.60. The minimum Gasteiger partial charge on any atom is -0.445 e. The summed E-state index contributed by atoms with van der Waals surface area (Å²) in [6.45, 7) is 4.35. The number of likely N-dealkylation sites (tertiary alicyclic amines) is 1. The van der Waals surface area contributed by atoms with Gasteiger partial charge in [0.15, 0.2) is 0 Å². The van der Waals surface area contributed by atoms with E-state index in [2.05, 4.69) is 12.2 Å². The SMILES string of the molecule is C[C@]1(CO)[C@H]2CC[C@@H](O)[C@@H](CC(=O)N3CCC[C@H]3CO)[C@]2(C)CC[C@H]1OC(=O)Nc1cccc(F)c1. The van der Waals surface area contributed by atoms with E-state index in [1.54, 1.807) is 11.0 Å². The molecular formula is C27H39FN2O6. The Morgan fingerprint density at radius 3 is 2.67 bits per heavy atom. The lowest BCUT2D eigenvalue weighted by Crippen LogP contribution is -2.61. The second-order valence-electron chi connectivity index (χ2n) is 11.3. The van der Waals surface area contributed by atoms with Crippen molar-refractivity contribution in [3.63, 3.8) is 0 Å². The molecule has 2 amide bonds. The average Bonchev–Trinajstić information content (AvgIpc) is 3.32. The minimum absolute atomic E-state index is 0.0454. The molecule has 200 valence electrons. The summed E-state index contributed by atoms with van der Waals surface area (Å²) < 4.78 is 19.3. The Balaban J connectivity index is 1.50. The number of fused-ring (bicyclic) bond motifs is 1. The lowest BCUT2D eigenvalue weighted by Gasteiger charge is -2.60. The molecule has 1 aromatic rings. The van der Waals surface area contributed by atoms with Crippen LogP contribution in [0.2, 0.25) is 0 Å². The Kier molecular flexibility index (Phi) is 7.92. The summed E-state index contributed by atoms with van der Waals surface area (Å²) in [4.78, 5) is 27.6. The molecule has 7 atom stereocenters. The van der Waals surface area contributed by atoms with Crippen LogP contribution in [0.25, 0.3) is 0 Å². The van der Waals surface area contributed by atoms with Gasteiger partial charge in [-0.1, -0.05) is 19.9 Å². The van der Waals surface area contributed by atoms with Gasteiger partial charge < -0.3 is 25.0 Å². The molecule has 2 aliphatic carbocycles. The molecule has 4 rings (SSSR count). The van der Waals surface area contributed by atoms with E-state index in [4.69, 9.17) is 4.74 Å². The first-order valence-corrected chi connectivity index (χ1v) is 13.0. The summed E-state index contributed by atoms with van der Waals surface area (Å²) in [5, 5.41) is 33.8. The number of anilines is 1. The largest absolute Gasteiger partial charge is 0.445 e. The van der Waals surface area contributed by atoms with E-state index >= 15 is 0 Å². The molecule has 0 unspecified atom stereocenters. The molecule has 1 saturated heterocycles. The Hall–Kier alpha value is -2.23. The zero-order valence-corrected chi connectivity index (χ0v) is 21.2. The minimum atomic E-state index is -0.769. The van der Waals surface area contributed by atoms with Crippen molar-refractivity contribution in [3.8, 4) is 0 Å². The summed E-state index contributed by atoms with van der Waals surface area (Å²) in [6.07, 6.45) is 2.17. The van der Waals surface area contributed by atoms with Crippen LogP contribution >= 0.6 is 0 Å². The van der Waals surface area contributed by atoms with E-state index in [9.17, 15) is 29.3 Å². The number of nitrogens with zero attached hydrogens (tertiary/aromatic N) is 1. The second kappa shape index (κ2) is 10.6. The molecule has 1 aliphatic heterocycles. The second-order valence-corrected chi connectivity index (χ2v) is 11.3. The lowest BCUT2D eigenvalue weighted by atomic mass is 9.46. The van der Waals surface area contributed by atoms with Crippen LogP contribution in [-0.4, -0.2) is 70.2 Å². The van der Waals surface area contributed by atoms with Gasteiger partial charge >= 0.3 is 6.09 Å². The van der Waals surface area contributed by atoms with Crippen molar-refractivity contribution >= 4 is 17.7 Å². The summed E-state index contributed by atoms with van der Waals surface area (Å²) in [6, 6.07) is 5.39. The number of ether oxygens (including phenoxy) is 1. The molecule has 8 nitrogen and oxygen atoms in total. The van der Waals surface area contributed by atoms with Crippen LogP contribution in [0.5, 0.6) is 0 Å². The molecule has 4 N–H and O–H groups in total. The molecule has 1 aromatic carbocycles. The van der Waals surface area contributed by atoms with Crippen LogP contribution in [0, 0.1) is 28.5 Å². The number of halogens is 1. The number of hydrogen-bond acceptors (Lipinski definition) is 6. The van der Waals surface area contributed by atoms with Gasteiger partial charge in [-0.05, 0) is 74.0 Å². The van der Waals surface area contributed by atoms with Crippen LogP contribution < -0.4 is 5.32 Å². The van der Waals surface area contributed by atoms with Crippen LogP contribution in [0.4, 0.5) is 14.9 Å². The number of aliphatic hydroxyl groups excluding tert-OH is 3. The van der Waals surface area contributed by atoms with Crippen LogP contribution in [-0.2, 0) is 9.53 Å². The highest BCUT2D eigenvalue weighted by molar-refractivity contribution is 5.84. The fourth-order valence-corrected chi connectivity index (χ4v) is 7.28. The van der Waals surface area contributed by atoms with Crippen molar-refractivity contribution in [2.45, 2.75) is 77.0 Å². The van der Waals surface area contributed by atoms with E-state index in [0.29, 0.717) is 32.2 Å².